The Kier molecular flexibility index (Phi) is 4.47. The van der Waals surface area contributed by atoms with Crippen molar-refractivity contribution in [2.24, 2.45) is 5.14 Å². The molecule has 108 valence electrons. The predicted molar refractivity (Wildman–Crippen MR) is 76.8 cm³/mol. The second-order valence-corrected chi connectivity index (χ2v) is 5.83. The molecular weight excluding hydrogens is 290 g/mol. The van der Waals surface area contributed by atoms with E-state index in [1.165, 1.54) is 18.3 Å². The molecule has 0 fully saturated rings. The third kappa shape index (κ3) is 3.98. The number of hydrogen-bond donors (Lipinski definition) is 2. The Morgan fingerprint density at radius 2 is 1.95 bits per heavy atom. The Morgan fingerprint density at radius 1 is 1.24 bits per heavy atom. The van der Waals surface area contributed by atoms with Crippen molar-refractivity contribution in [3.8, 4) is 6.07 Å². The summed E-state index contributed by atoms with van der Waals surface area (Å²) in [5.74, 6) is 0.432. The number of nitrogens with two attached hydrogens (primary N) is 1. The molecule has 0 saturated heterocycles. The molecule has 0 aliphatic heterocycles. The van der Waals surface area contributed by atoms with Crippen LogP contribution in [0.25, 0.3) is 0 Å². The highest BCUT2D eigenvalue weighted by Crippen LogP contribution is 2.11. The topological polar surface area (TPSA) is 122 Å². The number of nitrogens with zero attached hydrogens (tertiary/aromatic N) is 3. The summed E-state index contributed by atoms with van der Waals surface area (Å²) in [4.78, 5) is 0.0832. The van der Waals surface area contributed by atoms with Crippen molar-refractivity contribution in [3.63, 3.8) is 0 Å². The molecule has 0 unspecified atom stereocenters. The Bertz CT molecular complexity index is 766. The molecule has 8 heteroatoms. The molecule has 0 bridgehead atoms. The van der Waals surface area contributed by atoms with Gasteiger partial charge >= 0.3 is 0 Å². The Hall–Kier alpha value is -2.50. The van der Waals surface area contributed by atoms with E-state index in [4.69, 9.17) is 10.4 Å². The minimum Gasteiger partial charge on any atom is -0.367 e. The molecule has 3 N–H and O–H groups in total. The second kappa shape index (κ2) is 6.30. The molecule has 0 amide bonds. The smallest absolute Gasteiger partial charge is 0.238 e. The monoisotopic (exact) mass is 303 g/mol. The first kappa shape index (κ1) is 14.9. The summed E-state index contributed by atoms with van der Waals surface area (Å²) in [6, 6.07) is 9.93. The van der Waals surface area contributed by atoms with Crippen LogP contribution >= 0.6 is 0 Å². The average molecular weight is 303 g/mol. The molecule has 0 atom stereocenters. The summed E-state index contributed by atoms with van der Waals surface area (Å²) < 4.78 is 22.3. The SMILES string of the molecule is N#Cc1ccnnc1NCCc1ccc(S(N)(=O)=O)cc1. The molecule has 7 nitrogen and oxygen atoms in total. The van der Waals surface area contributed by atoms with E-state index in [9.17, 15) is 8.42 Å². The van der Waals surface area contributed by atoms with Gasteiger partial charge in [-0.15, -0.1) is 5.10 Å². The quantitative estimate of drug-likeness (QED) is 0.836. The molecule has 21 heavy (non-hydrogen) atoms. The standard InChI is InChI=1S/C13H13N5O2S/c14-9-11-6-8-17-18-13(11)16-7-5-10-1-3-12(4-2-10)21(15,19)20/h1-4,6,8H,5,7H2,(H,16,18)(H2,15,19,20). The van der Waals surface area contributed by atoms with Crippen molar-refractivity contribution >= 4 is 15.8 Å². The van der Waals surface area contributed by atoms with Gasteiger partial charge in [0.2, 0.25) is 10.0 Å². The molecule has 0 spiro atoms. The summed E-state index contributed by atoms with van der Waals surface area (Å²) in [7, 11) is -3.66. The van der Waals surface area contributed by atoms with Crippen LogP contribution in [0.4, 0.5) is 5.82 Å². The van der Waals surface area contributed by atoms with Gasteiger partial charge in [0.25, 0.3) is 0 Å². The van der Waals surface area contributed by atoms with Gasteiger partial charge < -0.3 is 5.32 Å². The van der Waals surface area contributed by atoms with Crippen LogP contribution in [-0.2, 0) is 16.4 Å². The highest BCUT2D eigenvalue weighted by Gasteiger charge is 2.07. The number of aromatic nitrogens is 2. The number of hydrogen-bond acceptors (Lipinski definition) is 6. The summed E-state index contributed by atoms with van der Waals surface area (Å²) in [6.07, 6.45) is 2.10. The molecule has 0 saturated carbocycles. The Labute approximate surface area is 122 Å². The zero-order valence-electron chi connectivity index (χ0n) is 11.0. The van der Waals surface area contributed by atoms with Crippen molar-refractivity contribution in [2.45, 2.75) is 11.3 Å². The number of nitriles is 1. The van der Waals surface area contributed by atoms with Crippen LogP contribution in [0.2, 0.25) is 0 Å². The lowest BCUT2D eigenvalue weighted by molar-refractivity contribution is 0.598. The van der Waals surface area contributed by atoms with Crippen LogP contribution in [0.3, 0.4) is 0 Å². The van der Waals surface area contributed by atoms with E-state index in [-0.39, 0.29) is 4.90 Å². The molecule has 0 aliphatic carbocycles. The predicted octanol–water partition coefficient (Wildman–Crippen LogP) is 0.650. The highest BCUT2D eigenvalue weighted by molar-refractivity contribution is 7.89. The average Bonchev–Trinajstić information content (AvgIpc) is 2.47. The molecule has 1 aromatic carbocycles. The van der Waals surface area contributed by atoms with E-state index in [1.807, 2.05) is 6.07 Å². The zero-order valence-corrected chi connectivity index (χ0v) is 11.8. The maximum absolute atomic E-state index is 11.1. The lowest BCUT2D eigenvalue weighted by Gasteiger charge is -2.06. The van der Waals surface area contributed by atoms with Crippen molar-refractivity contribution in [1.29, 1.82) is 5.26 Å². The normalized spacial score (nSPS) is 10.9. The lowest BCUT2D eigenvalue weighted by Crippen LogP contribution is -2.12. The van der Waals surface area contributed by atoms with Crippen molar-refractivity contribution in [3.05, 3.63) is 47.7 Å². The largest absolute Gasteiger partial charge is 0.367 e. The minimum absolute atomic E-state index is 0.0832. The number of rotatable bonds is 5. The maximum Gasteiger partial charge on any atom is 0.238 e. The van der Waals surface area contributed by atoms with Gasteiger partial charge in [0.1, 0.15) is 6.07 Å². The van der Waals surface area contributed by atoms with E-state index in [1.54, 1.807) is 18.2 Å². The van der Waals surface area contributed by atoms with Crippen LogP contribution in [0.15, 0.2) is 41.4 Å². The zero-order chi connectivity index (χ0) is 15.3. The molecule has 1 heterocycles. The fraction of sp³-hybridized carbons (Fsp3) is 0.154. The van der Waals surface area contributed by atoms with E-state index in [2.05, 4.69) is 15.5 Å². The summed E-state index contributed by atoms with van der Waals surface area (Å²) >= 11 is 0. The molecule has 2 rings (SSSR count). The first-order valence-electron chi connectivity index (χ1n) is 6.08. The van der Waals surface area contributed by atoms with Gasteiger partial charge in [0.15, 0.2) is 5.82 Å². The molecule has 1 aromatic heterocycles. The van der Waals surface area contributed by atoms with Crippen LogP contribution in [0.5, 0.6) is 0 Å². The van der Waals surface area contributed by atoms with Crippen LogP contribution in [-0.4, -0.2) is 25.2 Å². The van der Waals surface area contributed by atoms with Gasteiger partial charge in [0, 0.05) is 6.54 Å². The second-order valence-electron chi connectivity index (χ2n) is 4.27. The summed E-state index contributed by atoms with van der Waals surface area (Å²) in [5.41, 5.74) is 1.37. The molecule has 0 aliphatic rings. The number of primary sulfonamides is 1. The van der Waals surface area contributed by atoms with Crippen LogP contribution < -0.4 is 10.5 Å². The van der Waals surface area contributed by atoms with E-state index >= 15 is 0 Å². The van der Waals surface area contributed by atoms with E-state index in [0.717, 1.165) is 5.56 Å². The van der Waals surface area contributed by atoms with Gasteiger partial charge in [-0.2, -0.15) is 10.4 Å². The lowest BCUT2D eigenvalue weighted by atomic mass is 10.1. The van der Waals surface area contributed by atoms with Crippen molar-refractivity contribution in [2.75, 3.05) is 11.9 Å². The summed E-state index contributed by atoms with van der Waals surface area (Å²) in [6.45, 7) is 0.544. The van der Waals surface area contributed by atoms with Crippen LogP contribution in [0, 0.1) is 11.3 Å². The summed E-state index contributed by atoms with van der Waals surface area (Å²) in [5, 5.41) is 24.5. The molecular formula is C13H13N5O2S. The molecule has 2 aromatic rings. The van der Waals surface area contributed by atoms with Crippen molar-refractivity contribution < 1.29 is 8.42 Å². The Balaban J connectivity index is 1.97. The highest BCUT2D eigenvalue weighted by atomic mass is 32.2. The fourth-order valence-corrected chi connectivity index (χ4v) is 2.24. The van der Waals surface area contributed by atoms with Crippen LogP contribution in [0.1, 0.15) is 11.1 Å². The van der Waals surface area contributed by atoms with Gasteiger partial charge in [-0.25, -0.2) is 13.6 Å². The van der Waals surface area contributed by atoms with Gasteiger partial charge in [-0.1, -0.05) is 12.1 Å². The van der Waals surface area contributed by atoms with Crippen molar-refractivity contribution in [1.82, 2.24) is 10.2 Å². The Morgan fingerprint density at radius 3 is 2.57 bits per heavy atom. The fourth-order valence-electron chi connectivity index (χ4n) is 1.72. The maximum atomic E-state index is 11.1. The molecule has 0 radical (unpaired) electrons. The van der Waals surface area contributed by atoms with Gasteiger partial charge in [-0.3, -0.25) is 0 Å². The van der Waals surface area contributed by atoms with E-state index in [0.29, 0.717) is 24.3 Å². The number of benzene rings is 1. The first-order valence-corrected chi connectivity index (χ1v) is 7.63. The first-order chi connectivity index (χ1) is 10.0. The van der Waals surface area contributed by atoms with Gasteiger partial charge in [-0.05, 0) is 30.2 Å². The van der Waals surface area contributed by atoms with Gasteiger partial charge in [0.05, 0.1) is 16.7 Å². The third-order valence-electron chi connectivity index (χ3n) is 2.80. The number of sulfonamides is 1. The van der Waals surface area contributed by atoms with E-state index < -0.39 is 10.0 Å². The third-order valence-corrected chi connectivity index (χ3v) is 3.73. The number of nitrogens with one attached hydrogen (secondary N) is 1. The number of anilines is 1. The minimum atomic E-state index is -3.66.